The van der Waals surface area contributed by atoms with Crippen LogP contribution >= 0.6 is 0 Å². The molecule has 0 saturated carbocycles. The average molecular weight is 362 g/mol. The number of ether oxygens (including phenoxy) is 1. The lowest BCUT2D eigenvalue weighted by atomic mass is 10.1. The quantitative estimate of drug-likeness (QED) is 0.493. The molecule has 1 aromatic rings. The van der Waals surface area contributed by atoms with Crippen molar-refractivity contribution in [2.45, 2.75) is 46.0 Å². The van der Waals surface area contributed by atoms with Crippen molar-refractivity contribution in [1.82, 2.24) is 5.32 Å². The summed E-state index contributed by atoms with van der Waals surface area (Å²) in [6.07, 6.45) is 7.38. The van der Waals surface area contributed by atoms with E-state index in [2.05, 4.69) is 18.0 Å². The molecule has 0 radical (unpaired) electrons. The minimum Gasteiger partial charge on any atom is -0.450 e. The first-order valence-corrected chi connectivity index (χ1v) is 8.85. The molecule has 6 heteroatoms. The molecule has 0 aliphatic heterocycles. The maximum Gasteiger partial charge on any atom is 0.407 e. The van der Waals surface area contributed by atoms with Gasteiger partial charge >= 0.3 is 6.09 Å². The molecule has 1 aromatic carbocycles. The Morgan fingerprint density at radius 1 is 1.12 bits per heavy atom. The number of nitrogens with one attached hydrogen (secondary N) is 1. The lowest BCUT2D eigenvalue weighted by Gasteiger charge is -2.04. The number of rotatable bonds is 10. The molecule has 0 spiro atoms. The molecule has 1 rings (SSSR count). The van der Waals surface area contributed by atoms with E-state index in [9.17, 15) is 14.4 Å². The second-order valence-corrected chi connectivity index (χ2v) is 5.72. The summed E-state index contributed by atoms with van der Waals surface area (Å²) >= 11 is 0. The minimum atomic E-state index is -0.434. The summed E-state index contributed by atoms with van der Waals surface area (Å²) in [7, 11) is 0. The van der Waals surface area contributed by atoms with Gasteiger partial charge in [0.05, 0.1) is 6.61 Å². The van der Waals surface area contributed by atoms with Crippen molar-refractivity contribution >= 4 is 17.8 Å². The Bertz CT molecular complexity index is 552. The first-order chi connectivity index (χ1) is 12.5. The molecular formula is C20H30N2O4. The summed E-state index contributed by atoms with van der Waals surface area (Å²) < 4.78 is 5.02. The highest BCUT2D eigenvalue weighted by Gasteiger charge is 2.00. The maximum absolute atomic E-state index is 11.7. The van der Waals surface area contributed by atoms with Gasteiger partial charge in [0.15, 0.2) is 5.78 Å². The smallest absolute Gasteiger partial charge is 0.407 e. The summed E-state index contributed by atoms with van der Waals surface area (Å²) in [6.45, 7) is 4.19. The Kier molecular flexibility index (Phi) is 14.3. The fourth-order valence-corrected chi connectivity index (χ4v) is 1.93. The molecule has 0 aliphatic rings. The Morgan fingerprint density at radius 3 is 2.38 bits per heavy atom. The summed E-state index contributed by atoms with van der Waals surface area (Å²) in [5.74, 6) is -0.319. The molecule has 0 atom stereocenters. The van der Waals surface area contributed by atoms with Gasteiger partial charge in [0.2, 0.25) is 5.91 Å². The standard InChI is InChI=1S/C18H25NO3.C2H5NO/c1-2-3-4-8-14-22-18(21)19-13-9-12-17(20)15-16-10-6-5-7-11-16;1-2(3)4/h5-7,9-12H,2-4,8,13-15H2,1H3,(H,19,21);1H3,(H2,3,4)/b12-9+;. The predicted molar refractivity (Wildman–Crippen MR) is 103 cm³/mol. The number of hydrogen-bond donors (Lipinski definition) is 2. The first-order valence-electron chi connectivity index (χ1n) is 8.85. The second-order valence-electron chi connectivity index (χ2n) is 5.72. The first kappa shape index (κ1) is 23.4. The van der Waals surface area contributed by atoms with E-state index < -0.39 is 6.09 Å². The van der Waals surface area contributed by atoms with Gasteiger partial charge in [-0.15, -0.1) is 0 Å². The molecule has 0 saturated heterocycles. The van der Waals surface area contributed by atoms with Crippen LogP contribution in [0.25, 0.3) is 0 Å². The third-order valence-electron chi connectivity index (χ3n) is 3.12. The molecule has 2 amide bonds. The summed E-state index contributed by atoms with van der Waals surface area (Å²) in [4.78, 5) is 32.3. The van der Waals surface area contributed by atoms with Crippen LogP contribution in [0.3, 0.4) is 0 Å². The van der Waals surface area contributed by atoms with Crippen LogP contribution in [0.2, 0.25) is 0 Å². The SMILES string of the molecule is CC(N)=O.CCCCCCOC(=O)NC/C=C/C(=O)Cc1ccccc1. The Labute approximate surface area is 155 Å². The van der Waals surface area contributed by atoms with E-state index in [-0.39, 0.29) is 11.7 Å². The van der Waals surface area contributed by atoms with Crippen LogP contribution < -0.4 is 11.1 Å². The third kappa shape index (κ3) is 16.2. The number of ketones is 1. The van der Waals surface area contributed by atoms with E-state index in [1.165, 1.54) is 13.0 Å². The highest BCUT2D eigenvalue weighted by atomic mass is 16.5. The van der Waals surface area contributed by atoms with Gasteiger partial charge in [-0.05, 0) is 18.1 Å². The zero-order valence-corrected chi connectivity index (χ0v) is 15.7. The molecule has 3 N–H and O–H groups in total. The third-order valence-corrected chi connectivity index (χ3v) is 3.12. The van der Waals surface area contributed by atoms with E-state index >= 15 is 0 Å². The van der Waals surface area contributed by atoms with Gasteiger partial charge in [0, 0.05) is 19.9 Å². The molecular weight excluding hydrogens is 332 g/mol. The number of unbranched alkanes of at least 4 members (excludes halogenated alkanes) is 3. The van der Waals surface area contributed by atoms with Crippen molar-refractivity contribution in [1.29, 1.82) is 0 Å². The van der Waals surface area contributed by atoms with Gasteiger partial charge in [0.1, 0.15) is 0 Å². The molecule has 0 fully saturated rings. The van der Waals surface area contributed by atoms with Crippen LogP contribution in [0.5, 0.6) is 0 Å². The van der Waals surface area contributed by atoms with Gasteiger partial charge < -0.3 is 15.8 Å². The number of carbonyl (C=O) groups is 3. The van der Waals surface area contributed by atoms with E-state index in [4.69, 9.17) is 4.74 Å². The van der Waals surface area contributed by atoms with Gasteiger partial charge in [-0.25, -0.2) is 4.79 Å². The molecule has 6 nitrogen and oxygen atoms in total. The van der Waals surface area contributed by atoms with Crippen molar-refractivity contribution in [3.63, 3.8) is 0 Å². The molecule has 26 heavy (non-hydrogen) atoms. The largest absolute Gasteiger partial charge is 0.450 e. The van der Waals surface area contributed by atoms with E-state index in [1.807, 2.05) is 30.3 Å². The van der Waals surface area contributed by atoms with Gasteiger partial charge in [-0.1, -0.05) is 62.6 Å². The second kappa shape index (κ2) is 15.9. The molecule has 0 aromatic heterocycles. The van der Waals surface area contributed by atoms with Crippen LogP contribution in [0, 0.1) is 0 Å². The summed E-state index contributed by atoms with van der Waals surface area (Å²) in [6, 6.07) is 9.57. The maximum atomic E-state index is 11.7. The predicted octanol–water partition coefficient (Wildman–Crippen LogP) is 3.15. The van der Waals surface area contributed by atoms with Crippen molar-refractivity contribution in [2.75, 3.05) is 13.2 Å². The summed E-state index contributed by atoms with van der Waals surface area (Å²) in [5, 5.41) is 2.59. The van der Waals surface area contributed by atoms with Gasteiger partial charge in [-0.2, -0.15) is 0 Å². The van der Waals surface area contributed by atoms with Crippen LogP contribution in [0.1, 0.15) is 45.1 Å². The van der Waals surface area contributed by atoms with Crippen molar-refractivity contribution in [3.8, 4) is 0 Å². The van der Waals surface area contributed by atoms with Crippen molar-refractivity contribution in [2.24, 2.45) is 5.73 Å². The lowest BCUT2D eigenvalue weighted by molar-refractivity contribution is -0.116. The average Bonchev–Trinajstić information content (AvgIpc) is 2.59. The number of benzene rings is 1. The number of primary amides is 1. The molecule has 0 aliphatic carbocycles. The van der Waals surface area contributed by atoms with Gasteiger partial charge in [-0.3, -0.25) is 9.59 Å². The number of amides is 2. The van der Waals surface area contributed by atoms with Crippen LogP contribution in [0.15, 0.2) is 42.5 Å². The Balaban J connectivity index is 0.00000141. The molecule has 0 bridgehead atoms. The highest BCUT2D eigenvalue weighted by molar-refractivity contribution is 5.91. The molecule has 0 unspecified atom stereocenters. The number of carbonyl (C=O) groups excluding carboxylic acids is 3. The van der Waals surface area contributed by atoms with Crippen LogP contribution in [-0.2, 0) is 20.7 Å². The zero-order chi connectivity index (χ0) is 19.6. The van der Waals surface area contributed by atoms with Gasteiger partial charge in [0.25, 0.3) is 0 Å². The molecule has 144 valence electrons. The van der Waals surface area contributed by atoms with Crippen molar-refractivity contribution in [3.05, 3.63) is 48.0 Å². The normalized spacial score (nSPS) is 9.92. The zero-order valence-electron chi connectivity index (χ0n) is 15.7. The number of hydrogen-bond acceptors (Lipinski definition) is 4. The van der Waals surface area contributed by atoms with Crippen LogP contribution in [-0.4, -0.2) is 30.9 Å². The molecule has 0 heterocycles. The number of nitrogens with two attached hydrogens (primary N) is 1. The lowest BCUT2D eigenvalue weighted by Crippen LogP contribution is -2.24. The van der Waals surface area contributed by atoms with E-state index in [0.29, 0.717) is 19.6 Å². The monoisotopic (exact) mass is 362 g/mol. The fourth-order valence-electron chi connectivity index (χ4n) is 1.93. The topological polar surface area (TPSA) is 98.5 Å². The fraction of sp³-hybridized carbons (Fsp3) is 0.450. The minimum absolute atomic E-state index is 0.0148. The Morgan fingerprint density at radius 2 is 1.77 bits per heavy atom. The van der Waals surface area contributed by atoms with Crippen LogP contribution in [0.4, 0.5) is 4.79 Å². The number of allylic oxidation sites excluding steroid dienone is 1. The number of alkyl carbamates (subject to hydrolysis) is 1. The Hall–Kier alpha value is -2.63. The summed E-state index contributed by atoms with van der Waals surface area (Å²) in [5.41, 5.74) is 5.46. The van der Waals surface area contributed by atoms with Crippen molar-refractivity contribution < 1.29 is 19.1 Å². The van der Waals surface area contributed by atoms with E-state index in [1.54, 1.807) is 6.08 Å². The van der Waals surface area contributed by atoms with E-state index in [0.717, 1.165) is 31.2 Å². The highest BCUT2D eigenvalue weighted by Crippen LogP contribution is 2.01.